The molecule has 0 aliphatic heterocycles. The SMILES string of the molecule is CCOc1cc(C(C)=O)c(I)cc1Cl. The van der Waals surface area contributed by atoms with Gasteiger partial charge in [0.1, 0.15) is 5.75 Å². The number of rotatable bonds is 3. The lowest BCUT2D eigenvalue weighted by Gasteiger charge is -2.08. The maximum Gasteiger partial charge on any atom is 0.161 e. The van der Waals surface area contributed by atoms with Gasteiger partial charge in [-0.05, 0) is 48.6 Å². The van der Waals surface area contributed by atoms with Crippen LogP contribution in [0.1, 0.15) is 24.2 Å². The molecule has 0 bridgehead atoms. The molecular weight excluding hydrogens is 314 g/mol. The molecule has 14 heavy (non-hydrogen) atoms. The Morgan fingerprint density at radius 1 is 1.57 bits per heavy atom. The summed E-state index contributed by atoms with van der Waals surface area (Å²) in [6.45, 7) is 3.94. The molecule has 0 radical (unpaired) electrons. The van der Waals surface area contributed by atoms with Crippen LogP contribution in [-0.2, 0) is 0 Å². The van der Waals surface area contributed by atoms with Crippen LogP contribution in [0.25, 0.3) is 0 Å². The molecule has 0 amide bonds. The Balaban J connectivity index is 3.20. The second-order valence-electron chi connectivity index (χ2n) is 2.75. The van der Waals surface area contributed by atoms with Crippen LogP contribution < -0.4 is 4.74 Å². The summed E-state index contributed by atoms with van der Waals surface area (Å²) in [5.41, 5.74) is 0.651. The molecule has 0 aliphatic rings. The van der Waals surface area contributed by atoms with Crippen LogP contribution in [0.15, 0.2) is 12.1 Å². The van der Waals surface area contributed by atoms with Crippen molar-refractivity contribution in [2.75, 3.05) is 6.61 Å². The molecule has 0 saturated heterocycles. The minimum Gasteiger partial charge on any atom is -0.492 e. The van der Waals surface area contributed by atoms with Gasteiger partial charge in [-0.25, -0.2) is 0 Å². The molecule has 0 unspecified atom stereocenters. The molecular formula is C10H10ClIO2. The lowest BCUT2D eigenvalue weighted by Crippen LogP contribution is -1.99. The summed E-state index contributed by atoms with van der Waals surface area (Å²) in [6.07, 6.45) is 0. The molecule has 0 N–H and O–H groups in total. The smallest absolute Gasteiger partial charge is 0.161 e. The van der Waals surface area contributed by atoms with Crippen LogP contribution in [0, 0.1) is 3.57 Å². The zero-order chi connectivity index (χ0) is 10.7. The van der Waals surface area contributed by atoms with Crippen LogP contribution in [-0.4, -0.2) is 12.4 Å². The van der Waals surface area contributed by atoms with Crippen LogP contribution in [0.4, 0.5) is 0 Å². The number of hydrogen-bond acceptors (Lipinski definition) is 2. The minimum absolute atomic E-state index is 0.0204. The van der Waals surface area contributed by atoms with Crippen molar-refractivity contribution in [2.24, 2.45) is 0 Å². The third-order valence-electron chi connectivity index (χ3n) is 1.70. The first-order chi connectivity index (χ1) is 6.56. The molecule has 0 saturated carbocycles. The molecule has 1 rings (SSSR count). The van der Waals surface area contributed by atoms with Gasteiger partial charge in [-0.1, -0.05) is 11.6 Å². The number of Topliss-reactive ketones (excluding diaryl/α,β-unsaturated/α-hetero) is 1. The van der Waals surface area contributed by atoms with Crippen molar-refractivity contribution in [2.45, 2.75) is 13.8 Å². The van der Waals surface area contributed by atoms with Crippen LogP contribution in [0.5, 0.6) is 5.75 Å². The summed E-state index contributed by atoms with van der Waals surface area (Å²) < 4.78 is 6.15. The molecule has 76 valence electrons. The molecule has 4 heteroatoms. The van der Waals surface area contributed by atoms with Gasteiger partial charge in [0.25, 0.3) is 0 Å². The van der Waals surface area contributed by atoms with Crippen molar-refractivity contribution in [1.29, 1.82) is 0 Å². The molecule has 1 aromatic carbocycles. The van der Waals surface area contributed by atoms with E-state index in [0.717, 1.165) is 3.57 Å². The average Bonchev–Trinajstić information content (AvgIpc) is 2.09. The summed E-state index contributed by atoms with van der Waals surface area (Å²) in [6, 6.07) is 3.43. The van der Waals surface area contributed by atoms with Crippen molar-refractivity contribution in [3.63, 3.8) is 0 Å². The van der Waals surface area contributed by atoms with Crippen molar-refractivity contribution >= 4 is 40.0 Å². The fourth-order valence-electron chi connectivity index (χ4n) is 1.07. The van der Waals surface area contributed by atoms with Gasteiger partial charge >= 0.3 is 0 Å². The highest BCUT2D eigenvalue weighted by Crippen LogP contribution is 2.29. The molecule has 0 heterocycles. The second kappa shape index (κ2) is 4.98. The average molecular weight is 325 g/mol. The normalized spacial score (nSPS) is 10.0. The summed E-state index contributed by atoms with van der Waals surface area (Å²) in [5.74, 6) is 0.590. The predicted octanol–water partition coefficient (Wildman–Crippen LogP) is 3.55. The Kier molecular flexibility index (Phi) is 4.19. The number of carbonyl (C=O) groups excluding carboxylic acids is 1. The highest BCUT2D eigenvalue weighted by molar-refractivity contribution is 14.1. The summed E-state index contributed by atoms with van der Waals surface area (Å²) in [7, 11) is 0. The van der Waals surface area contributed by atoms with Crippen LogP contribution >= 0.6 is 34.2 Å². The molecule has 0 spiro atoms. The zero-order valence-electron chi connectivity index (χ0n) is 7.93. The Morgan fingerprint density at radius 3 is 2.71 bits per heavy atom. The van der Waals surface area contributed by atoms with Gasteiger partial charge in [0, 0.05) is 9.13 Å². The van der Waals surface area contributed by atoms with Gasteiger partial charge in [-0.15, -0.1) is 0 Å². The van der Waals surface area contributed by atoms with E-state index in [1.54, 1.807) is 12.1 Å². The fourth-order valence-corrected chi connectivity index (χ4v) is 2.31. The number of ether oxygens (including phenoxy) is 1. The van der Waals surface area contributed by atoms with E-state index < -0.39 is 0 Å². The quantitative estimate of drug-likeness (QED) is 0.628. The molecule has 1 aromatic rings. The standard InChI is InChI=1S/C10H10ClIO2/c1-3-14-10-4-7(6(2)13)9(12)5-8(10)11/h4-5H,3H2,1-2H3. The van der Waals surface area contributed by atoms with E-state index in [0.29, 0.717) is 22.9 Å². The highest BCUT2D eigenvalue weighted by atomic mass is 127. The number of ketones is 1. The molecule has 2 nitrogen and oxygen atoms in total. The van der Waals surface area contributed by atoms with E-state index in [2.05, 4.69) is 22.6 Å². The predicted molar refractivity (Wildman–Crippen MR) is 65.3 cm³/mol. The Bertz CT molecular complexity index is 363. The van der Waals surface area contributed by atoms with Crippen molar-refractivity contribution in [1.82, 2.24) is 0 Å². The largest absolute Gasteiger partial charge is 0.492 e. The minimum atomic E-state index is 0.0204. The summed E-state index contributed by atoms with van der Waals surface area (Å²) in [4.78, 5) is 11.2. The third kappa shape index (κ3) is 2.60. The lowest BCUT2D eigenvalue weighted by molar-refractivity contribution is 0.101. The molecule has 0 aromatic heterocycles. The molecule has 0 fully saturated rings. The topological polar surface area (TPSA) is 26.3 Å². The molecule has 0 aliphatic carbocycles. The van der Waals surface area contributed by atoms with E-state index in [1.165, 1.54) is 6.92 Å². The maximum atomic E-state index is 11.2. The van der Waals surface area contributed by atoms with Crippen molar-refractivity contribution in [3.05, 3.63) is 26.3 Å². The van der Waals surface area contributed by atoms with Gasteiger partial charge in [-0.3, -0.25) is 4.79 Å². The van der Waals surface area contributed by atoms with Gasteiger partial charge in [0.15, 0.2) is 5.78 Å². The first kappa shape index (κ1) is 11.8. The number of halogens is 2. The summed E-state index contributed by atoms with van der Waals surface area (Å²) >= 11 is 8.03. The Hall–Kier alpha value is -0.290. The van der Waals surface area contributed by atoms with Gasteiger partial charge in [0.2, 0.25) is 0 Å². The molecule has 0 atom stereocenters. The van der Waals surface area contributed by atoms with Crippen LogP contribution in [0.3, 0.4) is 0 Å². The number of benzene rings is 1. The number of carbonyl (C=O) groups is 1. The van der Waals surface area contributed by atoms with Crippen molar-refractivity contribution in [3.8, 4) is 5.75 Å². The van der Waals surface area contributed by atoms with Crippen molar-refractivity contribution < 1.29 is 9.53 Å². The Morgan fingerprint density at radius 2 is 2.21 bits per heavy atom. The highest BCUT2D eigenvalue weighted by Gasteiger charge is 2.10. The van der Waals surface area contributed by atoms with E-state index in [4.69, 9.17) is 16.3 Å². The fraction of sp³-hybridized carbons (Fsp3) is 0.300. The number of hydrogen-bond donors (Lipinski definition) is 0. The van der Waals surface area contributed by atoms with E-state index in [1.807, 2.05) is 6.92 Å². The van der Waals surface area contributed by atoms with E-state index in [9.17, 15) is 4.79 Å². The van der Waals surface area contributed by atoms with E-state index >= 15 is 0 Å². The maximum absolute atomic E-state index is 11.2. The monoisotopic (exact) mass is 324 g/mol. The van der Waals surface area contributed by atoms with Gasteiger partial charge in [0.05, 0.1) is 11.6 Å². The first-order valence-electron chi connectivity index (χ1n) is 4.19. The first-order valence-corrected chi connectivity index (χ1v) is 5.64. The van der Waals surface area contributed by atoms with Gasteiger partial charge < -0.3 is 4.74 Å². The third-order valence-corrected chi connectivity index (χ3v) is 2.89. The zero-order valence-corrected chi connectivity index (χ0v) is 10.8. The second-order valence-corrected chi connectivity index (χ2v) is 4.32. The van der Waals surface area contributed by atoms with Gasteiger partial charge in [-0.2, -0.15) is 0 Å². The lowest BCUT2D eigenvalue weighted by atomic mass is 10.1. The Labute approximate surface area is 102 Å². The van der Waals surface area contributed by atoms with E-state index in [-0.39, 0.29) is 5.78 Å². The summed E-state index contributed by atoms with van der Waals surface area (Å²) in [5, 5.41) is 0.543. The van der Waals surface area contributed by atoms with Crippen LogP contribution in [0.2, 0.25) is 5.02 Å².